The fraction of sp³-hybridized carbons (Fsp3) is 1.00. The molecule has 2 atom stereocenters. The third-order valence-corrected chi connectivity index (χ3v) is 1.24. The van der Waals surface area contributed by atoms with Crippen molar-refractivity contribution < 1.29 is 10.2 Å². The largest absolute Gasteiger partial charge is 0.393 e. The Kier molecular flexibility index (Phi) is 4.72. The Bertz CT molecular complexity index is 51.9. The highest BCUT2D eigenvalue weighted by molar-refractivity contribution is 4.51. The molecule has 0 aromatic heterocycles. The Morgan fingerprint density at radius 3 is 1.56 bits per heavy atom. The average molecular weight is 132 g/mol. The van der Waals surface area contributed by atoms with Gasteiger partial charge in [-0.2, -0.15) is 0 Å². The number of hydrogen-bond acceptors (Lipinski definition) is 2. The molecule has 0 aliphatic rings. The molecule has 0 saturated heterocycles. The number of aliphatic hydroxyl groups is 2. The highest BCUT2D eigenvalue weighted by Crippen LogP contribution is 2.02. The minimum atomic E-state index is -0.219. The maximum atomic E-state index is 8.78. The van der Waals surface area contributed by atoms with E-state index >= 15 is 0 Å². The van der Waals surface area contributed by atoms with E-state index < -0.39 is 0 Å². The summed E-state index contributed by atoms with van der Waals surface area (Å²) < 4.78 is 0. The van der Waals surface area contributed by atoms with Gasteiger partial charge in [0.15, 0.2) is 0 Å². The molecule has 0 rings (SSSR count). The van der Waals surface area contributed by atoms with Gasteiger partial charge in [0.2, 0.25) is 0 Å². The van der Waals surface area contributed by atoms with Crippen LogP contribution in [0.25, 0.3) is 0 Å². The molecule has 2 heteroatoms. The molecule has 0 amide bonds. The van der Waals surface area contributed by atoms with Crippen molar-refractivity contribution in [3.63, 3.8) is 0 Å². The van der Waals surface area contributed by atoms with Gasteiger partial charge in [-0.3, -0.25) is 0 Å². The first-order chi connectivity index (χ1) is 4.13. The van der Waals surface area contributed by atoms with Gasteiger partial charge < -0.3 is 10.2 Å². The van der Waals surface area contributed by atoms with Crippen molar-refractivity contribution in [2.24, 2.45) is 0 Å². The minimum Gasteiger partial charge on any atom is -0.393 e. The monoisotopic (exact) mass is 132 g/mol. The van der Waals surface area contributed by atoms with Gasteiger partial charge >= 0.3 is 0 Å². The lowest BCUT2D eigenvalue weighted by molar-refractivity contribution is 0.153. The Morgan fingerprint density at radius 1 is 1.00 bits per heavy atom. The number of rotatable bonds is 4. The highest BCUT2D eigenvalue weighted by atomic mass is 16.3. The van der Waals surface area contributed by atoms with Gasteiger partial charge in [-0.05, 0) is 33.1 Å². The molecule has 9 heavy (non-hydrogen) atoms. The van der Waals surface area contributed by atoms with E-state index in [1.54, 1.807) is 13.8 Å². The van der Waals surface area contributed by atoms with Gasteiger partial charge in [0.05, 0.1) is 12.2 Å². The van der Waals surface area contributed by atoms with Gasteiger partial charge in [-0.1, -0.05) is 0 Å². The standard InChI is InChI=1S/C7H16O2/c1-6(8)4-3-5-7(2)9/h6-9H,3-5H2,1-2H3/t6-,7?/m1/s1. The summed E-state index contributed by atoms with van der Waals surface area (Å²) in [7, 11) is 0. The van der Waals surface area contributed by atoms with Crippen LogP contribution < -0.4 is 0 Å². The quantitative estimate of drug-likeness (QED) is 0.597. The number of hydrogen-bond donors (Lipinski definition) is 2. The topological polar surface area (TPSA) is 40.5 Å². The third kappa shape index (κ3) is 7.92. The summed E-state index contributed by atoms with van der Waals surface area (Å²) >= 11 is 0. The molecule has 0 saturated carbocycles. The van der Waals surface area contributed by atoms with Gasteiger partial charge in [0.25, 0.3) is 0 Å². The van der Waals surface area contributed by atoms with Crippen molar-refractivity contribution in [1.82, 2.24) is 0 Å². The van der Waals surface area contributed by atoms with Crippen LogP contribution in [-0.2, 0) is 0 Å². The Hall–Kier alpha value is -0.0800. The second kappa shape index (κ2) is 4.77. The zero-order valence-electron chi connectivity index (χ0n) is 6.17. The molecule has 2 N–H and O–H groups in total. The molecule has 2 nitrogen and oxygen atoms in total. The van der Waals surface area contributed by atoms with Crippen molar-refractivity contribution in [3.05, 3.63) is 0 Å². The molecule has 0 spiro atoms. The maximum absolute atomic E-state index is 8.78. The summed E-state index contributed by atoms with van der Waals surface area (Å²) in [5.74, 6) is 0. The van der Waals surface area contributed by atoms with E-state index in [2.05, 4.69) is 0 Å². The Balaban J connectivity index is 2.91. The first-order valence-electron chi connectivity index (χ1n) is 3.49. The fourth-order valence-electron chi connectivity index (χ4n) is 0.709. The van der Waals surface area contributed by atoms with Gasteiger partial charge in [0, 0.05) is 0 Å². The number of aliphatic hydroxyl groups excluding tert-OH is 2. The van der Waals surface area contributed by atoms with Crippen LogP contribution in [0.5, 0.6) is 0 Å². The molecule has 0 aliphatic heterocycles. The molecule has 56 valence electrons. The molecule has 0 aromatic carbocycles. The second-order valence-electron chi connectivity index (χ2n) is 2.63. The van der Waals surface area contributed by atoms with Crippen LogP contribution in [-0.4, -0.2) is 22.4 Å². The predicted molar refractivity (Wildman–Crippen MR) is 37.2 cm³/mol. The van der Waals surface area contributed by atoms with Crippen LogP contribution in [0.15, 0.2) is 0 Å². The van der Waals surface area contributed by atoms with Gasteiger partial charge in [-0.25, -0.2) is 0 Å². The molecule has 0 radical (unpaired) electrons. The molecule has 0 bridgehead atoms. The summed E-state index contributed by atoms with van der Waals surface area (Å²) in [6.07, 6.45) is 2.07. The van der Waals surface area contributed by atoms with Crippen molar-refractivity contribution in [1.29, 1.82) is 0 Å². The van der Waals surface area contributed by atoms with Crippen LogP contribution in [0.4, 0.5) is 0 Å². The first-order valence-corrected chi connectivity index (χ1v) is 3.49. The lowest BCUT2D eigenvalue weighted by atomic mass is 10.1. The van der Waals surface area contributed by atoms with Crippen LogP contribution >= 0.6 is 0 Å². The summed E-state index contributed by atoms with van der Waals surface area (Å²) in [5, 5.41) is 17.6. The van der Waals surface area contributed by atoms with Crippen molar-refractivity contribution in [2.75, 3.05) is 0 Å². The van der Waals surface area contributed by atoms with E-state index in [1.807, 2.05) is 0 Å². The van der Waals surface area contributed by atoms with Crippen molar-refractivity contribution >= 4 is 0 Å². The summed E-state index contributed by atoms with van der Waals surface area (Å²) in [6.45, 7) is 3.53. The first kappa shape index (κ1) is 8.92. The fourth-order valence-corrected chi connectivity index (χ4v) is 0.709. The van der Waals surface area contributed by atoms with Crippen LogP contribution in [0.1, 0.15) is 33.1 Å². The van der Waals surface area contributed by atoms with Crippen LogP contribution in [0.2, 0.25) is 0 Å². The molecule has 0 aliphatic carbocycles. The summed E-state index contributed by atoms with van der Waals surface area (Å²) in [4.78, 5) is 0. The molecule has 0 heterocycles. The van der Waals surface area contributed by atoms with Gasteiger partial charge in [-0.15, -0.1) is 0 Å². The molecule has 1 unspecified atom stereocenters. The lowest BCUT2D eigenvalue weighted by Crippen LogP contribution is -2.03. The van der Waals surface area contributed by atoms with E-state index in [4.69, 9.17) is 10.2 Å². The van der Waals surface area contributed by atoms with Crippen LogP contribution in [0, 0.1) is 0 Å². The second-order valence-corrected chi connectivity index (χ2v) is 2.63. The van der Waals surface area contributed by atoms with E-state index in [0.717, 1.165) is 19.3 Å². The maximum Gasteiger partial charge on any atom is 0.0512 e. The predicted octanol–water partition coefficient (Wildman–Crippen LogP) is 0.918. The van der Waals surface area contributed by atoms with Crippen molar-refractivity contribution in [3.8, 4) is 0 Å². The van der Waals surface area contributed by atoms with E-state index in [1.165, 1.54) is 0 Å². The average Bonchev–Trinajstić information content (AvgIpc) is 1.63. The van der Waals surface area contributed by atoms with E-state index in [0.29, 0.717) is 0 Å². The lowest BCUT2D eigenvalue weighted by Gasteiger charge is -2.04. The van der Waals surface area contributed by atoms with E-state index in [9.17, 15) is 0 Å². The molecule has 0 fully saturated rings. The molecular weight excluding hydrogens is 116 g/mol. The summed E-state index contributed by atoms with van der Waals surface area (Å²) in [5.41, 5.74) is 0. The normalized spacial score (nSPS) is 17.3. The minimum absolute atomic E-state index is 0.219. The van der Waals surface area contributed by atoms with Crippen molar-refractivity contribution in [2.45, 2.75) is 45.3 Å². The third-order valence-electron chi connectivity index (χ3n) is 1.24. The van der Waals surface area contributed by atoms with E-state index in [-0.39, 0.29) is 12.2 Å². The Labute approximate surface area is 56.5 Å². The van der Waals surface area contributed by atoms with Crippen LogP contribution in [0.3, 0.4) is 0 Å². The molecular formula is C7H16O2. The summed E-state index contributed by atoms with van der Waals surface area (Å²) in [6, 6.07) is 0. The zero-order valence-corrected chi connectivity index (χ0v) is 6.17. The Morgan fingerprint density at radius 2 is 1.33 bits per heavy atom. The highest BCUT2D eigenvalue weighted by Gasteiger charge is 1.97. The smallest absolute Gasteiger partial charge is 0.0512 e. The molecule has 0 aromatic rings. The van der Waals surface area contributed by atoms with Gasteiger partial charge in [0.1, 0.15) is 0 Å². The zero-order chi connectivity index (χ0) is 7.28. The SMILES string of the molecule is CC(O)CCC[C@@H](C)O.